The Bertz CT molecular complexity index is 451. The van der Waals surface area contributed by atoms with Crippen LogP contribution >= 0.6 is 0 Å². The summed E-state index contributed by atoms with van der Waals surface area (Å²) in [5.41, 5.74) is 0.667. The number of benzene rings is 1. The molecule has 1 aromatic carbocycles. The molecule has 0 saturated heterocycles. The third-order valence-electron chi connectivity index (χ3n) is 2.60. The lowest BCUT2D eigenvalue weighted by Gasteiger charge is -2.13. The molecule has 0 aliphatic carbocycles. The van der Waals surface area contributed by atoms with Gasteiger partial charge in [0.05, 0.1) is 12.2 Å². The first-order valence-corrected chi connectivity index (χ1v) is 4.70. The summed E-state index contributed by atoms with van der Waals surface area (Å²) < 4.78 is 38.2. The zero-order valence-corrected chi connectivity index (χ0v) is 8.36. The molecular weight excluding hydrogens is 219 g/mol. The van der Waals surface area contributed by atoms with Crippen LogP contribution in [-0.4, -0.2) is 5.11 Å². The van der Waals surface area contributed by atoms with Gasteiger partial charge in [-0.15, -0.1) is 0 Å². The van der Waals surface area contributed by atoms with Gasteiger partial charge in [0.1, 0.15) is 0 Å². The van der Waals surface area contributed by atoms with Crippen LogP contribution in [0.25, 0.3) is 5.70 Å². The molecule has 0 atom stereocenters. The predicted octanol–water partition coefficient (Wildman–Crippen LogP) is 2.27. The van der Waals surface area contributed by atoms with E-state index in [4.69, 9.17) is 5.11 Å². The zero-order valence-electron chi connectivity index (χ0n) is 8.36. The summed E-state index contributed by atoms with van der Waals surface area (Å²) in [5, 5.41) is 11.7. The Morgan fingerprint density at radius 3 is 2.62 bits per heavy atom. The Kier molecular flexibility index (Phi) is 2.42. The van der Waals surface area contributed by atoms with Crippen LogP contribution in [-0.2, 0) is 19.3 Å². The number of hydrogen-bond donors (Lipinski definition) is 2. The highest BCUT2D eigenvalue weighted by molar-refractivity contribution is 5.71. The molecule has 0 bridgehead atoms. The van der Waals surface area contributed by atoms with Gasteiger partial charge in [0.15, 0.2) is 0 Å². The van der Waals surface area contributed by atoms with Gasteiger partial charge in [0.2, 0.25) is 0 Å². The van der Waals surface area contributed by atoms with E-state index in [1.165, 1.54) is 6.07 Å². The SMILES string of the molecule is C=C1NCc2c1cc(CO)cc2C(F)(F)F. The number of hydrogen-bond acceptors (Lipinski definition) is 2. The maximum Gasteiger partial charge on any atom is 0.416 e. The Morgan fingerprint density at radius 1 is 1.38 bits per heavy atom. The molecule has 1 aliphatic rings. The van der Waals surface area contributed by atoms with Crippen LogP contribution in [0.1, 0.15) is 22.3 Å². The van der Waals surface area contributed by atoms with Crippen LogP contribution in [0.4, 0.5) is 13.2 Å². The molecule has 0 unspecified atom stereocenters. The highest BCUT2D eigenvalue weighted by Crippen LogP contribution is 2.38. The number of nitrogens with one attached hydrogen (secondary N) is 1. The Balaban J connectivity index is 2.65. The van der Waals surface area contributed by atoms with Crippen molar-refractivity contribution in [3.63, 3.8) is 0 Å². The van der Waals surface area contributed by atoms with Gasteiger partial charge < -0.3 is 10.4 Å². The van der Waals surface area contributed by atoms with Gasteiger partial charge in [-0.1, -0.05) is 6.58 Å². The van der Waals surface area contributed by atoms with Crippen molar-refractivity contribution in [3.05, 3.63) is 41.0 Å². The molecule has 0 saturated carbocycles. The maximum atomic E-state index is 12.7. The van der Waals surface area contributed by atoms with E-state index < -0.39 is 18.3 Å². The van der Waals surface area contributed by atoms with E-state index in [1.807, 2.05) is 0 Å². The first-order valence-electron chi connectivity index (χ1n) is 4.70. The van der Waals surface area contributed by atoms with Crippen molar-refractivity contribution >= 4 is 5.70 Å². The van der Waals surface area contributed by atoms with E-state index in [1.54, 1.807) is 0 Å². The van der Waals surface area contributed by atoms with Crippen LogP contribution in [0.2, 0.25) is 0 Å². The number of aliphatic hydroxyl groups excluding tert-OH is 1. The molecule has 0 amide bonds. The second kappa shape index (κ2) is 3.52. The molecule has 0 aromatic heterocycles. The average Bonchev–Trinajstić information content (AvgIpc) is 2.58. The molecule has 2 N–H and O–H groups in total. The Morgan fingerprint density at radius 2 is 2.06 bits per heavy atom. The van der Waals surface area contributed by atoms with Crippen molar-refractivity contribution in [3.8, 4) is 0 Å². The summed E-state index contributed by atoms with van der Waals surface area (Å²) in [6.07, 6.45) is -4.40. The fraction of sp³-hybridized carbons (Fsp3) is 0.273. The first-order chi connectivity index (χ1) is 7.43. The second-order valence-electron chi connectivity index (χ2n) is 3.66. The Hall–Kier alpha value is -1.49. The molecule has 1 heterocycles. The number of fused-ring (bicyclic) bond motifs is 1. The van der Waals surface area contributed by atoms with E-state index in [0.717, 1.165) is 6.07 Å². The highest BCUT2D eigenvalue weighted by atomic mass is 19.4. The van der Waals surface area contributed by atoms with Gasteiger partial charge in [0, 0.05) is 17.8 Å². The summed E-state index contributed by atoms with van der Waals surface area (Å²) in [6.45, 7) is 3.35. The molecule has 2 nitrogen and oxygen atoms in total. The van der Waals surface area contributed by atoms with E-state index in [0.29, 0.717) is 11.3 Å². The minimum absolute atomic E-state index is 0.134. The predicted molar refractivity (Wildman–Crippen MR) is 53.2 cm³/mol. The maximum absolute atomic E-state index is 12.7. The van der Waals surface area contributed by atoms with Gasteiger partial charge in [0.25, 0.3) is 0 Å². The van der Waals surface area contributed by atoms with Gasteiger partial charge >= 0.3 is 6.18 Å². The topological polar surface area (TPSA) is 32.3 Å². The van der Waals surface area contributed by atoms with Crippen LogP contribution < -0.4 is 5.32 Å². The molecule has 0 radical (unpaired) electrons. The summed E-state index contributed by atoms with van der Waals surface area (Å²) in [5.74, 6) is 0. The van der Waals surface area contributed by atoms with Crippen molar-refractivity contribution in [2.24, 2.45) is 0 Å². The van der Waals surface area contributed by atoms with Crippen molar-refractivity contribution < 1.29 is 18.3 Å². The Labute approximate surface area is 90.4 Å². The molecule has 86 valence electrons. The number of halogens is 3. The van der Waals surface area contributed by atoms with Gasteiger partial charge in [-0.25, -0.2) is 0 Å². The molecule has 2 rings (SSSR count). The van der Waals surface area contributed by atoms with Gasteiger partial charge in [-0.3, -0.25) is 0 Å². The van der Waals surface area contributed by atoms with Crippen LogP contribution in [0.3, 0.4) is 0 Å². The minimum atomic E-state index is -4.40. The fourth-order valence-corrected chi connectivity index (χ4v) is 1.83. The largest absolute Gasteiger partial charge is 0.416 e. The summed E-state index contributed by atoms with van der Waals surface area (Å²) in [7, 11) is 0. The molecule has 0 spiro atoms. The van der Waals surface area contributed by atoms with E-state index in [-0.39, 0.29) is 17.7 Å². The zero-order chi connectivity index (χ0) is 11.9. The number of alkyl halides is 3. The minimum Gasteiger partial charge on any atom is -0.392 e. The van der Waals surface area contributed by atoms with E-state index in [9.17, 15) is 13.2 Å². The van der Waals surface area contributed by atoms with Crippen LogP contribution in [0.5, 0.6) is 0 Å². The number of aliphatic hydroxyl groups is 1. The lowest BCUT2D eigenvalue weighted by Crippen LogP contribution is -2.11. The molecule has 1 aromatic rings. The monoisotopic (exact) mass is 229 g/mol. The normalized spacial score (nSPS) is 14.9. The van der Waals surface area contributed by atoms with E-state index in [2.05, 4.69) is 11.9 Å². The summed E-state index contributed by atoms with van der Waals surface area (Å²) in [4.78, 5) is 0. The van der Waals surface area contributed by atoms with Crippen LogP contribution in [0, 0.1) is 0 Å². The summed E-state index contributed by atoms with van der Waals surface area (Å²) in [6, 6.07) is 2.52. The highest BCUT2D eigenvalue weighted by Gasteiger charge is 2.36. The lowest BCUT2D eigenvalue weighted by molar-refractivity contribution is -0.138. The third kappa shape index (κ3) is 1.67. The molecule has 16 heavy (non-hydrogen) atoms. The smallest absolute Gasteiger partial charge is 0.392 e. The second-order valence-corrected chi connectivity index (χ2v) is 3.66. The molecule has 0 fully saturated rings. The standard InChI is InChI=1S/C11H10F3NO/c1-6-8-2-7(5-16)3-10(11(12,13)14)9(8)4-15-6/h2-3,15-16H,1,4-5H2. The summed E-state index contributed by atoms with van der Waals surface area (Å²) >= 11 is 0. The van der Waals surface area contributed by atoms with Crippen molar-refractivity contribution in [1.29, 1.82) is 0 Å². The quantitative estimate of drug-likeness (QED) is 0.774. The van der Waals surface area contributed by atoms with Crippen molar-refractivity contribution in [2.75, 3.05) is 0 Å². The fourth-order valence-electron chi connectivity index (χ4n) is 1.83. The molecule has 5 heteroatoms. The third-order valence-corrected chi connectivity index (χ3v) is 2.60. The van der Waals surface area contributed by atoms with E-state index >= 15 is 0 Å². The molecule has 1 aliphatic heterocycles. The van der Waals surface area contributed by atoms with Crippen molar-refractivity contribution in [1.82, 2.24) is 5.32 Å². The average molecular weight is 229 g/mol. The number of rotatable bonds is 1. The molecular formula is C11H10F3NO. The lowest BCUT2D eigenvalue weighted by atomic mass is 9.98. The van der Waals surface area contributed by atoms with Gasteiger partial charge in [-0.05, 0) is 23.3 Å². The first kappa shape index (κ1) is 11.0. The van der Waals surface area contributed by atoms with Crippen molar-refractivity contribution in [2.45, 2.75) is 19.3 Å². The van der Waals surface area contributed by atoms with Gasteiger partial charge in [-0.2, -0.15) is 13.2 Å². The van der Waals surface area contributed by atoms with Crippen LogP contribution in [0.15, 0.2) is 18.7 Å².